The van der Waals surface area contributed by atoms with Crippen LogP contribution in [0.5, 0.6) is 17.2 Å². The minimum atomic E-state index is -0.458. The largest absolute Gasteiger partial charge is 0.490 e. The Morgan fingerprint density at radius 3 is 2.82 bits per heavy atom. The van der Waals surface area contributed by atoms with E-state index in [-0.39, 0.29) is 38.1 Å². The van der Waals surface area contributed by atoms with Crippen molar-refractivity contribution in [1.82, 2.24) is 9.97 Å². The molecule has 11 heteroatoms. The van der Waals surface area contributed by atoms with Crippen molar-refractivity contribution in [3.05, 3.63) is 87.2 Å². The lowest BCUT2D eigenvalue weighted by Gasteiger charge is -2.21. The van der Waals surface area contributed by atoms with Crippen LogP contribution in [0.2, 0.25) is 0 Å². The van der Waals surface area contributed by atoms with Crippen LogP contribution in [-0.2, 0) is 18.0 Å². The van der Waals surface area contributed by atoms with Gasteiger partial charge in [-0.2, -0.15) is 5.26 Å². The van der Waals surface area contributed by atoms with Crippen LogP contribution in [-0.4, -0.2) is 28.3 Å². The number of nitrogens with one attached hydrogen (secondary N) is 1. The fourth-order valence-corrected chi connectivity index (χ4v) is 4.05. The number of aromatic amines is 1. The summed E-state index contributed by atoms with van der Waals surface area (Å²) >= 11 is 0. The summed E-state index contributed by atoms with van der Waals surface area (Å²) in [4.78, 5) is 18.6. The fourth-order valence-electron chi connectivity index (χ4n) is 4.05. The van der Waals surface area contributed by atoms with E-state index in [0.717, 1.165) is 16.6 Å². The minimum absolute atomic E-state index is 0. The molecule has 0 saturated heterocycles. The maximum Gasteiger partial charge on any atom is 0.270 e. The highest BCUT2D eigenvalue weighted by Gasteiger charge is 2.22. The molecule has 0 saturated carbocycles. The highest BCUT2D eigenvalue weighted by Crippen LogP contribution is 2.35. The van der Waals surface area contributed by atoms with Crippen molar-refractivity contribution in [3.8, 4) is 23.3 Å². The molecule has 0 fully saturated rings. The van der Waals surface area contributed by atoms with Gasteiger partial charge in [-0.1, -0.05) is 18.2 Å². The molecule has 1 N–H and O–H groups in total. The highest BCUT2D eigenvalue weighted by molar-refractivity contribution is 5.90. The van der Waals surface area contributed by atoms with Crippen LogP contribution >= 0.6 is 12.4 Å². The monoisotopic (exact) mass is 534 g/mol. The Hall–Kier alpha value is -4.59. The highest BCUT2D eigenvalue weighted by atomic mass is 35.5. The molecular formula is C27H23ClN4O6. The Morgan fingerprint density at radius 1 is 1.21 bits per heavy atom. The van der Waals surface area contributed by atoms with Gasteiger partial charge in [-0.05, 0) is 42.8 Å². The van der Waals surface area contributed by atoms with Gasteiger partial charge in [-0.25, -0.2) is 4.98 Å². The lowest BCUT2D eigenvalue weighted by atomic mass is 10.1. The van der Waals surface area contributed by atoms with Crippen molar-refractivity contribution in [2.45, 2.75) is 20.1 Å². The third-order valence-corrected chi connectivity index (χ3v) is 5.71. The minimum Gasteiger partial charge on any atom is -0.490 e. The van der Waals surface area contributed by atoms with E-state index in [2.05, 4.69) is 16.0 Å². The first-order chi connectivity index (χ1) is 18.1. The average Bonchev–Trinajstić information content (AvgIpc) is 3.35. The topological polar surface area (TPSA) is 133 Å². The van der Waals surface area contributed by atoms with Crippen LogP contribution in [0.4, 0.5) is 5.69 Å². The van der Waals surface area contributed by atoms with Gasteiger partial charge in [-0.3, -0.25) is 10.1 Å². The molecule has 0 radical (unpaired) electrons. The number of halogens is 1. The lowest BCUT2D eigenvalue weighted by molar-refractivity contribution is -0.385. The van der Waals surface area contributed by atoms with Crippen LogP contribution in [0.25, 0.3) is 22.7 Å². The van der Waals surface area contributed by atoms with E-state index >= 15 is 0 Å². The van der Waals surface area contributed by atoms with E-state index < -0.39 is 4.92 Å². The molecule has 2 heterocycles. The van der Waals surface area contributed by atoms with Crippen molar-refractivity contribution < 1.29 is 23.9 Å². The van der Waals surface area contributed by atoms with Crippen LogP contribution < -0.4 is 14.2 Å². The van der Waals surface area contributed by atoms with Crippen LogP contribution in [0.15, 0.2) is 54.6 Å². The number of benzene rings is 3. The molecule has 0 atom stereocenters. The number of rotatable bonds is 8. The molecule has 0 unspecified atom stereocenters. The van der Waals surface area contributed by atoms with E-state index in [4.69, 9.17) is 18.9 Å². The van der Waals surface area contributed by atoms with E-state index in [0.29, 0.717) is 46.4 Å². The summed E-state index contributed by atoms with van der Waals surface area (Å²) in [6.07, 6.45) is 1.72. The van der Waals surface area contributed by atoms with Crippen molar-refractivity contribution in [2.75, 3.05) is 13.4 Å². The fraction of sp³-hybridized carbons (Fsp3) is 0.185. The molecule has 1 aliphatic rings. The maximum atomic E-state index is 11.4. The predicted octanol–water partition coefficient (Wildman–Crippen LogP) is 5.80. The van der Waals surface area contributed by atoms with Gasteiger partial charge in [0.2, 0.25) is 0 Å². The number of non-ortho nitro benzene ring substituents is 1. The molecule has 1 aromatic heterocycles. The van der Waals surface area contributed by atoms with Crippen LogP contribution in [0, 0.1) is 21.4 Å². The Balaban J connectivity index is 0.00000336. The number of allylic oxidation sites excluding steroid dienone is 1. The molecule has 0 spiro atoms. The van der Waals surface area contributed by atoms with Gasteiger partial charge in [0, 0.05) is 23.3 Å². The number of nitrogens with zero attached hydrogens (tertiary/aromatic N) is 3. The quantitative estimate of drug-likeness (QED) is 0.170. The Labute approximate surface area is 224 Å². The summed E-state index contributed by atoms with van der Waals surface area (Å²) < 4.78 is 22.7. The SMILES string of the molecule is CCOc1cc(C=C(C#N)c2nc3ccccc3[nH]2)ccc1OCc1cc([N+](=O)[O-])cc2c1OCOC2.Cl. The molecule has 0 bridgehead atoms. The number of ether oxygens (including phenoxy) is 4. The summed E-state index contributed by atoms with van der Waals surface area (Å²) in [5.41, 5.74) is 3.78. The number of nitro benzene ring substituents is 1. The molecule has 5 rings (SSSR count). The van der Waals surface area contributed by atoms with E-state index in [1.165, 1.54) is 12.1 Å². The third kappa shape index (κ3) is 5.54. The molecule has 194 valence electrons. The van der Waals surface area contributed by atoms with Gasteiger partial charge in [-0.15, -0.1) is 12.4 Å². The number of nitriles is 1. The normalized spacial score (nSPS) is 12.6. The number of aromatic nitrogens is 2. The summed E-state index contributed by atoms with van der Waals surface area (Å²) in [6.45, 7) is 2.57. The van der Waals surface area contributed by atoms with Gasteiger partial charge in [0.15, 0.2) is 18.3 Å². The van der Waals surface area contributed by atoms with Crippen molar-refractivity contribution >= 4 is 40.8 Å². The van der Waals surface area contributed by atoms with E-state index in [1.807, 2.05) is 31.2 Å². The second-order valence-corrected chi connectivity index (χ2v) is 8.16. The Bertz CT molecular complexity index is 1530. The first-order valence-corrected chi connectivity index (χ1v) is 11.5. The number of hydrogen-bond donors (Lipinski definition) is 1. The number of imidazole rings is 1. The van der Waals surface area contributed by atoms with Gasteiger partial charge < -0.3 is 23.9 Å². The second kappa shape index (κ2) is 11.6. The van der Waals surface area contributed by atoms with Crippen LogP contribution in [0.3, 0.4) is 0 Å². The molecule has 1 aliphatic heterocycles. The molecule has 3 aromatic carbocycles. The number of H-pyrrole nitrogens is 1. The van der Waals surface area contributed by atoms with Gasteiger partial charge in [0.1, 0.15) is 24.3 Å². The zero-order valence-electron chi connectivity index (χ0n) is 20.3. The number of para-hydroxylation sites is 2. The third-order valence-electron chi connectivity index (χ3n) is 5.71. The molecule has 38 heavy (non-hydrogen) atoms. The standard InChI is InChI=1S/C27H22N4O6.ClH/c1-2-35-25-10-17(9-18(13-28)27-29-22-5-3-4-6-23(22)30-27)7-8-24(25)36-15-20-12-21(31(32)33)11-19-14-34-16-37-26(19)20;/h3-12H,2,14-16H2,1H3,(H,29,30);1H. The predicted molar refractivity (Wildman–Crippen MR) is 142 cm³/mol. The van der Waals surface area contributed by atoms with Crippen LogP contribution in [0.1, 0.15) is 29.4 Å². The van der Waals surface area contributed by atoms with Gasteiger partial charge in [0.05, 0.1) is 34.7 Å². The molecule has 0 aliphatic carbocycles. The molecular weight excluding hydrogens is 512 g/mol. The summed E-state index contributed by atoms with van der Waals surface area (Å²) in [6, 6.07) is 17.9. The number of fused-ring (bicyclic) bond motifs is 2. The van der Waals surface area contributed by atoms with Crippen molar-refractivity contribution in [2.24, 2.45) is 0 Å². The first-order valence-electron chi connectivity index (χ1n) is 11.5. The van der Waals surface area contributed by atoms with E-state index in [9.17, 15) is 15.4 Å². The average molecular weight is 535 g/mol. The zero-order chi connectivity index (χ0) is 25.8. The smallest absolute Gasteiger partial charge is 0.270 e. The molecule has 4 aromatic rings. The Morgan fingerprint density at radius 2 is 2.05 bits per heavy atom. The van der Waals surface area contributed by atoms with Gasteiger partial charge >= 0.3 is 0 Å². The molecule has 0 amide bonds. The number of hydrogen-bond acceptors (Lipinski definition) is 8. The summed E-state index contributed by atoms with van der Waals surface area (Å²) in [5.74, 6) is 1.93. The van der Waals surface area contributed by atoms with Gasteiger partial charge in [0.25, 0.3) is 5.69 Å². The zero-order valence-corrected chi connectivity index (χ0v) is 21.1. The molecule has 10 nitrogen and oxygen atoms in total. The van der Waals surface area contributed by atoms with Crippen molar-refractivity contribution in [1.29, 1.82) is 5.26 Å². The van der Waals surface area contributed by atoms with Crippen molar-refractivity contribution in [3.63, 3.8) is 0 Å². The lowest BCUT2D eigenvalue weighted by Crippen LogP contribution is -2.14. The maximum absolute atomic E-state index is 11.4. The first kappa shape index (κ1) is 26.5. The number of nitro groups is 1. The Kier molecular flexibility index (Phi) is 8.11. The second-order valence-electron chi connectivity index (χ2n) is 8.16. The van der Waals surface area contributed by atoms with E-state index in [1.54, 1.807) is 24.3 Å². The summed E-state index contributed by atoms with van der Waals surface area (Å²) in [5, 5.41) is 21.1. The summed E-state index contributed by atoms with van der Waals surface area (Å²) in [7, 11) is 0.